The van der Waals surface area contributed by atoms with Gasteiger partial charge < -0.3 is 15.0 Å². The molecule has 0 spiro atoms. The largest absolute Gasteiger partial charge is 0.495 e. The van der Waals surface area contributed by atoms with Gasteiger partial charge in [-0.25, -0.2) is 8.42 Å². The molecule has 1 fully saturated rings. The summed E-state index contributed by atoms with van der Waals surface area (Å²) in [7, 11) is -2.71. The van der Waals surface area contributed by atoms with Crippen LogP contribution in [0.2, 0.25) is 0 Å². The van der Waals surface area contributed by atoms with Gasteiger partial charge in [-0.1, -0.05) is 73.0 Å². The Bertz CT molecular complexity index is 1400. The van der Waals surface area contributed by atoms with Crippen LogP contribution in [0.3, 0.4) is 0 Å². The van der Waals surface area contributed by atoms with Crippen LogP contribution in [0.5, 0.6) is 5.75 Å². The fraction of sp³-hybridized carbons (Fsp3) is 0.355. The number of hydrogen-bond donors (Lipinski definition) is 1. The second-order valence-corrected chi connectivity index (χ2v) is 12.0. The average Bonchev–Trinajstić information content (AvgIpc) is 3.48. The van der Waals surface area contributed by atoms with Crippen LogP contribution >= 0.6 is 0 Å². The molecular formula is C31H37N3O5S. The standard InChI is InChI=1S/C31H37N3O5S/c1-23-17-19-27(20-18-23)40(37,38)34(28-15-9-10-16-29(28)39-3)22-30(35)33(21-25-11-5-4-6-12-25)24(2)31(36)32-26-13-7-8-14-26/h4-6,9-12,15-20,24,26H,7-8,13-14,21-22H2,1-3H3,(H,32,36)/t24-/m1/s1. The quantitative estimate of drug-likeness (QED) is 0.366. The van der Waals surface area contributed by atoms with Crippen LogP contribution in [0.4, 0.5) is 5.69 Å². The van der Waals surface area contributed by atoms with Gasteiger partial charge in [0.25, 0.3) is 10.0 Å². The van der Waals surface area contributed by atoms with Crippen LogP contribution < -0.4 is 14.4 Å². The van der Waals surface area contributed by atoms with E-state index in [2.05, 4.69) is 5.32 Å². The van der Waals surface area contributed by atoms with Crippen molar-refractivity contribution in [1.82, 2.24) is 10.2 Å². The van der Waals surface area contributed by atoms with Gasteiger partial charge in [-0.15, -0.1) is 0 Å². The van der Waals surface area contributed by atoms with E-state index >= 15 is 0 Å². The molecular weight excluding hydrogens is 526 g/mol. The van der Waals surface area contributed by atoms with Crippen LogP contribution in [0.15, 0.2) is 83.8 Å². The topological polar surface area (TPSA) is 96.0 Å². The molecule has 2 amide bonds. The molecule has 0 aliphatic heterocycles. The predicted octanol–water partition coefficient (Wildman–Crippen LogP) is 4.68. The third-order valence-corrected chi connectivity index (χ3v) is 9.08. The Morgan fingerprint density at radius 1 is 0.950 bits per heavy atom. The highest BCUT2D eigenvalue weighted by molar-refractivity contribution is 7.92. The number of carbonyl (C=O) groups is 2. The highest BCUT2D eigenvalue weighted by atomic mass is 32.2. The number of anilines is 1. The molecule has 1 aliphatic rings. The van der Waals surface area contributed by atoms with E-state index in [9.17, 15) is 18.0 Å². The van der Waals surface area contributed by atoms with Crippen LogP contribution in [0, 0.1) is 6.92 Å². The maximum absolute atomic E-state index is 14.0. The highest BCUT2D eigenvalue weighted by Crippen LogP contribution is 2.32. The second-order valence-electron chi connectivity index (χ2n) is 10.2. The lowest BCUT2D eigenvalue weighted by atomic mass is 10.1. The van der Waals surface area contributed by atoms with Crippen LogP contribution in [-0.4, -0.2) is 50.9 Å². The molecule has 0 bridgehead atoms. The molecule has 212 valence electrons. The molecule has 0 radical (unpaired) electrons. The maximum atomic E-state index is 14.0. The van der Waals surface area contributed by atoms with Crippen molar-refractivity contribution in [3.05, 3.63) is 90.0 Å². The summed E-state index contributed by atoms with van der Waals surface area (Å²) in [6.07, 6.45) is 3.97. The van der Waals surface area contributed by atoms with E-state index in [0.29, 0.717) is 5.75 Å². The Hall–Kier alpha value is -3.85. The Morgan fingerprint density at radius 2 is 1.57 bits per heavy atom. The first-order valence-corrected chi connectivity index (χ1v) is 15.0. The first-order chi connectivity index (χ1) is 19.2. The lowest BCUT2D eigenvalue weighted by Crippen LogP contribution is -2.52. The van der Waals surface area contributed by atoms with Gasteiger partial charge in [0, 0.05) is 12.6 Å². The molecule has 9 heteroatoms. The molecule has 4 rings (SSSR count). The summed E-state index contributed by atoms with van der Waals surface area (Å²) in [6, 6.07) is 21.8. The molecule has 0 aromatic heterocycles. The molecule has 0 unspecified atom stereocenters. The van der Waals surface area contributed by atoms with Gasteiger partial charge in [-0.2, -0.15) is 0 Å². The Morgan fingerprint density at radius 3 is 2.23 bits per heavy atom. The van der Waals surface area contributed by atoms with E-state index < -0.39 is 28.5 Å². The molecule has 8 nitrogen and oxygen atoms in total. The summed E-state index contributed by atoms with van der Waals surface area (Å²) in [4.78, 5) is 28.8. The van der Waals surface area contributed by atoms with Crippen molar-refractivity contribution in [3.63, 3.8) is 0 Å². The van der Waals surface area contributed by atoms with Crippen molar-refractivity contribution in [2.24, 2.45) is 0 Å². The van der Waals surface area contributed by atoms with E-state index in [0.717, 1.165) is 41.1 Å². The Labute approximate surface area is 237 Å². The molecule has 1 atom stereocenters. The normalized spacial score (nSPS) is 14.4. The fourth-order valence-corrected chi connectivity index (χ4v) is 6.37. The number of para-hydroxylation sites is 2. The smallest absolute Gasteiger partial charge is 0.264 e. The molecule has 1 aliphatic carbocycles. The van der Waals surface area contributed by atoms with Crippen LogP contribution in [0.1, 0.15) is 43.7 Å². The van der Waals surface area contributed by atoms with Gasteiger partial charge in [-0.3, -0.25) is 13.9 Å². The number of methoxy groups -OCH3 is 1. The molecule has 0 saturated heterocycles. The number of amides is 2. The van der Waals surface area contributed by atoms with E-state index in [-0.39, 0.29) is 29.1 Å². The number of hydrogen-bond acceptors (Lipinski definition) is 5. The predicted molar refractivity (Wildman–Crippen MR) is 156 cm³/mol. The van der Waals surface area contributed by atoms with E-state index in [1.807, 2.05) is 37.3 Å². The van der Waals surface area contributed by atoms with Crippen molar-refractivity contribution in [3.8, 4) is 5.75 Å². The van der Waals surface area contributed by atoms with Crippen LogP contribution in [0.25, 0.3) is 0 Å². The SMILES string of the molecule is COc1ccccc1N(CC(=O)N(Cc1ccccc1)[C@H](C)C(=O)NC1CCCC1)S(=O)(=O)c1ccc(C)cc1. The Balaban J connectivity index is 1.70. The van der Waals surface area contributed by atoms with E-state index in [1.54, 1.807) is 43.3 Å². The lowest BCUT2D eigenvalue weighted by Gasteiger charge is -2.32. The van der Waals surface area contributed by atoms with Gasteiger partial charge >= 0.3 is 0 Å². The lowest BCUT2D eigenvalue weighted by molar-refractivity contribution is -0.139. The zero-order valence-corrected chi connectivity index (χ0v) is 24.1. The van der Waals surface area contributed by atoms with Crippen molar-refractivity contribution in [2.45, 2.75) is 63.1 Å². The fourth-order valence-electron chi connectivity index (χ4n) is 4.94. The number of rotatable bonds is 11. The maximum Gasteiger partial charge on any atom is 0.264 e. The number of benzene rings is 3. The van der Waals surface area contributed by atoms with Gasteiger partial charge in [0.05, 0.1) is 17.7 Å². The minimum absolute atomic E-state index is 0.0541. The number of aryl methyl sites for hydroxylation is 1. The minimum atomic E-state index is -4.16. The van der Waals surface area contributed by atoms with E-state index in [4.69, 9.17) is 4.74 Å². The van der Waals surface area contributed by atoms with Crippen LogP contribution in [-0.2, 0) is 26.2 Å². The Kier molecular flexibility index (Phi) is 9.47. The number of sulfonamides is 1. The highest BCUT2D eigenvalue weighted by Gasteiger charge is 2.34. The minimum Gasteiger partial charge on any atom is -0.495 e. The first kappa shape index (κ1) is 29.1. The zero-order chi connectivity index (χ0) is 28.7. The second kappa shape index (κ2) is 13.0. The first-order valence-electron chi connectivity index (χ1n) is 13.6. The van der Waals surface area contributed by atoms with Gasteiger partial charge in [0.15, 0.2) is 0 Å². The number of carbonyl (C=O) groups excluding carboxylic acids is 2. The monoisotopic (exact) mass is 563 g/mol. The number of nitrogens with zero attached hydrogens (tertiary/aromatic N) is 2. The van der Waals surface area contributed by atoms with Crippen molar-refractivity contribution >= 4 is 27.5 Å². The summed E-state index contributed by atoms with van der Waals surface area (Å²) in [5.41, 5.74) is 1.98. The van der Waals surface area contributed by atoms with Gasteiger partial charge in [0.1, 0.15) is 18.3 Å². The van der Waals surface area contributed by atoms with E-state index in [1.165, 1.54) is 24.1 Å². The van der Waals surface area contributed by atoms with Crippen molar-refractivity contribution < 1.29 is 22.7 Å². The summed E-state index contributed by atoms with van der Waals surface area (Å²) in [6.45, 7) is 3.21. The number of ether oxygens (including phenoxy) is 1. The molecule has 1 saturated carbocycles. The average molecular weight is 564 g/mol. The van der Waals surface area contributed by atoms with Gasteiger partial charge in [0.2, 0.25) is 11.8 Å². The van der Waals surface area contributed by atoms with Crippen molar-refractivity contribution in [2.75, 3.05) is 18.0 Å². The summed E-state index contributed by atoms with van der Waals surface area (Å²) >= 11 is 0. The molecule has 0 heterocycles. The summed E-state index contributed by atoms with van der Waals surface area (Å²) in [5.74, 6) is -0.437. The van der Waals surface area contributed by atoms with Gasteiger partial charge in [-0.05, 0) is 56.5 Å². The summed E-state index contributed by atoms with van der Waals surface area (Å²) < 4.78 is 34.5. The third kappa shape index (κ3) is 6.83. The molecule has 1 N–H and O–H groups in total. The zero-order valence-electron chi connectivity index (χ0n) is 23.2. The summed E-state index contributed by atoms with van der Waals surface area (Å²) in [5, 5.41) is 3.08. The van der Waals surface area contributed by atoms with Crippen molar-refractivity contribution in [1.29, 1.82) is 0 Å². The molecule has 3 aromatic rings. The third-order valence-electron chi connectivity index (χ3n) is 7.31. The molecule has 40 heavy (non-hydrogen) atoms. The number of nitrogens with one attached hydrogen (secondary N) is 1. The molecule has 3 aromatic carbocycles.